The standard InChI is InChI=1S/C27H33N7O/c1-17-9-18(2)11-22(10-17)31-27-30-14-21-15-34(16-24(21)32-27)23-5-7-33(8-6-23)26(35)20-12-19(3)25(28-4)29-13-20/h9-14,23H,5-8,15-16H2,1-4H3,(H,28,29)(H,30,31,32). The van der Waals surface area contributed by atoms with Gasteiger partial charge in [-0.25, -0.2) is 15.0 Å². The molecule has 0 radical (unpaired) electrons. The van der Waals surface area contributed by atoms with Crippen LogP contribution in [0.15, 0.2) is 36.7 Å². The number of piperidine rings is 1. The molecule has 0 spiro atoms. The van der Waals surface area contributed by atoms with E-state index in [-0.39, 0.29) is 5.91 Å². The van der Waals surface area contributed by atoms with Crippen LogP contribution in [-0.4, -0.2) is 56.8 Å². The third-order valence-electron chi connectivity index (χ3n) is 6.99. The van der Waals surface area contributed by atoms with E-state index in [1.165, 1.54) is 16.7 Å². The second-order valence-electron chi connectivity index (χ2n) is 9.73. The van der Waals surface area contributed by atoms with E-state index in [2.05, 4.69) is 57.5 Å². The van der Waals surface area contributed by atoms with E-state index in [1.807, 2.05) is 31.1 Å². The molecule has 4 heterocycles. The average molecular weight is 472 g/mol. The number of pyridine rings is 1. The number of hydrogen-bond donors (Lipinski definition) is 2. The number of nitrogens with zero attached hydrogens (tertiary/aromatic N) is 5. The highest BCUT2D eigenvalue weighted by Crippen LogP contribution is 2.29. The number of nitrogens with one attached hydrogen (secondary N) is 2. The molecule has 8 nitrogen and oxygen atoms in total. The van der Waals surface area contributed by atoms with Gasteiger partial charge in [0.15, 0.2) is 0 Å². The van der Waals surface area contributed by atoms with Crippen molar-refractivity contribution in [3.05, 3.63) is 70.2 Å². The zero-order chi connectivity index (χ0) is 24.5. The number of aryl methyl sites for hydroxylation is 3. The van der Waals surface area contributed by atoms with Gasteiger partial charge in [-0.2, -0.15) is 0 Å². The second kappa shape index (κ2) is 9.62. The van der Waals surface area contributed by atoms with Crippen LogP contribution in [0.5, 0.6) is 0 Å². The van der Waals surface area contributed by atoms with Gasteiger partial charge in [0.25, 0.3) is 5.91 Å². The molecule has 182 valence electrons. The SMILES string of the molecule is CNc1ncc(C(=O)N2CCC(N3Cc4cnc(Nc5cc(C)cc(C)c5)nc4C3)CC2)cc1C. The Morgan fingerprint density at radius 2 is 1.71 bits per heavy atom. The van der Waals surface area contributed by atoms with Gasteiger partial charge in [0, 0.05) is 62.9 Å². The molecule has 0 saturated carbocycles. The van der Waals surface area contributed by atoms with Crippen LogP contribution < -0.4 is 10.6 Å². The molecule has 1 saturated heterocycles. The number of rotatable bonds is 5. The molecule has 5 rings (SSSR count). The molecule has 35 heavy (non-hydrogen) atoms. The van der Waals surface area contributed by atoms with Crippen LogP contribution in [0.3, 0.4) is 0 Å². The van der Waals surface area contributed by atoms with Gasteiger partial charge in [0.05, 0.1) is 11.3 Å². The zero-order valence-electron chi connectivity index (χ0n) is 20.9. The van der Waals surface area contributed by atoms with Gasteiger partial charge < -0.3 is 15.5 Å². The molecule has 0 bridgehead atoms. The minimum atomic E-state index is 0.0689. The van der Waals surface area contributed by atoms with Crippen molar-refractivity contribution in [2.45, 2.75) is 52.7 Å². The average Bonchev–Trinajstić information content (AvgIpc) is 3.26. The van der Waals surface area contributed by atoms with Crippen LogP contribution in [-0.2, 0) is 13.1 Å². The van der Waals surface area contributed by atoms with Crippen LogP contribution >= 0.6 is 0 Å². The Labute approximate surface area is 206 Å². The molecule has 2 aliphatic rings. The number of amides is 1. The van der Waals surface area contributed by atoms with E-state index in [1.54, 1.807) is 6.20 Å². The van der Waals surface area contributed by atoms with Gasteiger partial charge in [-0.3, -0.25) is 9.69 Å². The van der Waals surface area contributed by atoms with Crippen LogP contribution in [0.4, 0.5) is 17.5 Å². The lowest BCUT2D eigenvalue weighted by molar-refractivity contribution is 0.0613. The van der Waals surface area contributed by atoms with E-state index in [0.717, 1.165) is 61.8 Å². The maximum atomic E-state index is 13.0. The summed E-state index contributed by atoms with van der Waals surface area (Å²) < 4.78 is 0. The molecule has 0 aliphatic carbocycles. The molecule has 8 heteroatoms. The van der Waals surface area contributed by atoms with Gasteiger partial charge in [-0.15, -0.1) is 0 Å². The number of carbonyl (C=O) groups excluding carboxylic acids is 1. The third-order valence-corrected chi connectivity index (χ3v) is 6.99. The number of likely N-dealkylation sites (tertiary alicyclic amines) is 1. The molecule has 2 aromatic heterocycles. The van der Waals surface area contributed by atoms with Gasteiger partial charge >= 0.3 is 0 Å². The zero-order valence-corrected chi connectivity index (χ0v) is 20.9. The Hall–Kier alpha value is -3.52. The highest BCUT2D eigenvalue weighted by Gasteiger charge is 2.31. The summed E-state index contributed by atoms with van der Waals surface area (Å²) in [6.07, 6.45) is 5.55. The number of carbonyl (C=O) groups is 1. The van der Waals surface area contributed by atoms with Gasteiger partial charge in [-0.1, -0.05) is 6.07 Å². The predicted octanol–water partition coefficient (Wildman–Crippen LogP) is 4.20. The van der Waals surface area contributed by atoms with Gasteiger partial charge in [-0.05, 0) is 68.5 Å². The van der Waals surface area contributed by atoms with Crippen LogP contribution in [0.2, 0.25) is 0 Å². The summed E-state index contributed by atoms with van der Waals surface area (Å²) in [4.78, 5) is 31.2. The molecule has 1 fully saturated rings. The van der Waals surface area contributed by atoms with Gasteiger partial charge in [0.2, 0.25) is 5.95 Å². The normalized spacial score (nSPS) is 16.3. The number of benzene rings is 1. The Morgan fingerprint density at radius 3 is 2.40 bits per heavy atom. The smallest absolute Gasteiger partial charge is 0.255 e. The summed E-state index contributed by atoms with van der Waals surface area (Å²) in [5.41, 5.74) is 7.37. The summed E-state index contributed by atoms with van der Waals surface area (Å²) in [6.45, 7) is 9.37. The number of hydrogen-bond acceptors (Lipinski definition) is 7. The van der Waals surface area contributed by atoms with E-state index in [9.17, 15) is 4.79 Å². The van der Waals surface area contributed by atoms with Crippen LogP contribution in [0.25, 0.3) is 0 Å². The minimum Gasteiger partial charge on any atom is -0.373 e. The Morgan fingerprint density at radius 1 is 0.971 bits per heavy atom. The van der Waals surface area contributed by atoms with Crippen molar-refractivity contribution in [3.8, 4) is 0 Å². The Balaban J connectivity index is 1.19. The largest absolute Gasteiger partial charge is 0.373 e. The number of fused-ring (bicyclic) bond motifs is 1. The van der Waals surface area contributed by atoms with Crippen molar-refractivity contribution in [2.24, 2.45) is 0 Å². The summed E-state index contributed by atoms with van der Waals surface area (Å²) in [5.74, 6) is 1.52. The predicted molar refractivity (Wildman–Crippen MR) is 138 cm³/mol. The highest BCUT2D eigenvalue weighted by atomic mass is 16.2. The first-order valence-corrected chi connectivity index (χ1v) is 12.3. The van der Waals surface area contributed by atoms with Crippen molar-refractivity contribution in [1.29, 1.82) is 0 Å². The first kappa shape index (κ1) is 23.2. The molecule has 2 N–H and O–H groups in total. The van der Waals surface area contributed by atoms with E-state index in [0.29, 0.717) is 17.6 Å². The van der Waals surface area contributed by atoms with Crippen LogP contribution in [0.1, 0.15) is 51.1 Å². The molecule has 1 amide bonds. The summed E-state index contributed by atoms with van der Waals surface area (Å²) in [6, 6.07) is 8.74. The number of aromatic nitrogens is 3. The molecule has 2 aliphatic heterocycles. The first-order chi connectivity index (χ1) is 16.9. The van der Waals surface area contributed by atoms with Crippen LogP contribution in [0, 0.1) is 20.8 Å². The summed E-state index contributed by atoms with van der Waals surface area (Å²) >= 11 is 0. The molecule has 0 unspecified atom stereocenters. The Bertz CT molecular complexity index is 1230. The van der Waals surface area contributed by atoms with E-state index < -0.39 is 0 Å². The minimum absolute atomic E-state index is 0.0689. The maximum Gasteiger partial charge on any atom is 0.255 e. The molecular weight excluding hydrogens is 438 g/mol. The summed E-state index contributed by atoms with van der Waals surface area (Å²) in [5, 5.41) is 6.41. The maximum absolute atomic E-state index is 13.0. The lowest BCUT2D eigenvalue weighted by atomic mass is 10.0. The third kappa shape index (κ3) is 4.98. The molecule has 3 aromatic rings. The quantitative estimate of drug-likeness (QED) is 0.577. The molecule has 0 atom stereocenters. The fourth-order valence-corrected chi connectivity index (χ4v) is 5.24. The topological polar surface area (TPSA) is 86.3 Å². The second-order valence-corrected chi connectivity index (χ2v) is 9.73. The van der Waals surface area contributed by atoms with Crippen molar-refractivity contribution in [1.82, 2.24) is 24.8 Å². The number of anilines is 3. The van der Waals surface area contributed by atoms with Crippen molar-refractivity contribution >= 4 is 23.4 Å². The fourth-order valence-electron chi connectivity index (χ4n) is 5.24. The molecule has 1 aromatic carbocycles. The Kier molecular flexibility index (Phi) is 6.38. The highest BCUT2D eigenvalue weighted by molar-refractivity contribution is 5.94. The molecular formula is C27H33N7O. The monoisotopic (exact) mass is 471 g/mol. The van der Waals surface area contributed by atoms with Gasteiger partial charge in [0.1, 0.15) is 5.82 Å². The fraction of sp³-hybridized carbons (Fsp3) is 0.407. The van der Waals surface area contributed by atoms with Crippen molar-refractivity contribution in [3.63, 3.8) is 0 Å². The van der Waals surface area contributed by atoms with Crippen molar-refractivity contribution in [2.75, 3.05) is 30.8 Å². The van der Waals surface area contributed by atoms with E-state index in [4.69, 9.17) is 4.98 Å². The lowest BCUT2D eigenvalue weighted by Gasteiger charge is -2.36. The lowest BCUT2D eigenvalue weighted by Crippen LogP contribution is -2.45. The summed E-state index contributed by atoms with van der Waals surface area (Å²) in [7, 11) is 1.84. The first-order valence-electron chi connectivity index (χ1n) is 12.3. The van der Waals surface area contributed by atoms with E-state index >= 15 is 0 Å². The van der Waals surface area contributed by atoms with Crippen molar-refractivity contribution < 1.29 is 4.79 Å².